The Morgan fingerprint density at radius 1 is 1.28 bits per heavy atom. The molecule has 0 bridgehead atoms. The Morgan fingerprint density at radius 3 is 2.72 bits per heavy atom. The fourth-order valence-electron chi connectivity index (χ4n) is 2.99. The van der Waals surface area contributed by atoms with Crippen LogP contribution < -0.4 is 5.32 Å². The summed E-state index contributed by atoms with van der Waals surface area (Å²) in [7, 11) is 0. The van der Waals surface area contributed by atoms with Gasteiger partial charge in [0.25, 0.3) is 0 Å². The minimum Gasteiger partial charge on any atom is -0.372 e. The molecule has 1 saturated heterocycles. The zero-order chi connectivity index (χ0) is 17.6. The first-order valence-corrected chi connectivity index (χ1v) is 9.13. The molecule has 1 aromatic rings. The molecule has 1 saturated carbocycles. The second-order valence-corrected chi connectivity index (χ2v) is 6.65. The number of carbonyl (C=O) groups excluding carboxylic acids is 2. The van der Waals surface area contributed by atoms with E-state index in [0.717, 1.165) is 18.7 Å². The molecule has 1 N–H and O–H groups in total. The summed E-state index contributed by atoms with van der Waals surface area (Å²) >= 11 is 0. The third-order valence-electron chi connectivity index (χ3n) is 4.71. The first kappa shape index (κ1) is 17.8. The Labute approximate surface area is 147 Å². The van der Waals surface area contributed by atoms with Gasteiger partial charge in [-0.3, -0.25) is 9.59 Å². The summed E-state index contributed by atoms with van der Waals surface area (Å²) in [6, 6.07) is 0. The topological polar surface area (TPSA) is 97.6 Å². The van der Waals surface area contributed by atoms with Crippen LogP contribution in [0.1, 0.15) is 50.2 Å². The normalized spacial score (nSPS) is 18.4. The van der Waals surface area contributed by atoms with Crippen molar-refractivity contribution in [2.24, 2.45) is 5.92 Å². The average molecular weight is 350 g/mol. The molecule has 2 fully saturated rings. The maximum Gasteiger partial charge on any atom is 0.248 e. The van der Waals surface area contributed by atoms with Gasteiger partial charge >= 0.3 is 0 Å². The predicted molar refractivity (Wildman–Crippen MR) is 88.8 cm³/mol. The number of amides is 2. The van der Waals surface area contributed by atoms with E-state index in [2.05, 4.69) is 15.5 Å². The Hall–Kier alpha value is -1.96. The highest BCUT2D eigenvalue weighted by Crippen LogP contribution is 2.38. The van der Waals surface area contributed by atoms with Crippen LogP contribution in [0.4, 0.5) is 0 Å². The lowest BCUT2D eigenvalue weighted by atomic mass is 9.96. The lowest BCUT2D eigenvalue weighted by molar-refractivity contribution is -0.139. The zero-order valence-electron chi connectivity index (χ0n) is 14.7. The van der Waals surface area contributed by atoms with Gasteiger partial charge in [0, 0.05) is 44.5 Å². The largest absolute Gasteiger partial charge is 0.372 e. The molecule has 25 heavy (non-hydrogen) atoms. The van der Waals surface area contributed by atoms with Gasteiger partial charge in [-0.15, -0.1) is 0 Å². The van der Waals surface area contributed by atoms with Crippen LogP contribution in [0.15, 0.2) is 4.52 Å². The highest BCUT2D eigenvalue weighted by Gasteiger charge is 2.29. The summed E-state index contributed by atoms with van der Waals surface area (Å²) < 4.78 is 10.3. The van der Waals surface area contributed by atoms with Crippen LogP contribution in [0.2, 0.25) is 0 Å². The van der Waals surface area contributed by atoms with Crippen molar-refractivity contribution in [2.75, 3.05) is 32.8 Å². The second kappa shape index (κ2) is 8.42. The minimum atomic E-state index is -0.0409. The Bertz CT molecular complexity index is 591. The molecular formula is C17H26N4O4. The highest BCUT2D eigenvalue weighted by molar-refractivity contribution is 5.80. The van der Waals surface area contributed by atoms with Crippen molar-refractivity contribution in [1.29, 1.82) is 0 Å². The molecule has 3 rings (SSSR count). The highest BCUT2D eigenvalue weighted by atomic mass is 16.5. The number of likely N-dealkylation sites (tertiary alicyclic amines) is 1. The molecule has 2 heterocycles. The number of carbonyl (C=O) groups is 2. The SMILES string of the molecule is CCOCC(=O)N1CCC(C(=O)NCCc2nc(C3CC3)no2)CC1. The number of piperidine rings is 1. The lowest BCUT2D eigenvalue weighted by Gasteiger charge is -2.31. The smallest absolute Gasteiger partial charge is 0.248 e. The number of hydrogen-bond donors (Lipinski definition) is 1. The third kappa shape index (κ3) is 5.01. The molecule has 0 aromatic carbocycles. The summed E-state index contributed by atoms with van der Waals surface area (Å²) in [6.45, 7) is 4.24. The second-order valence-electron chi connectivity index (χ2n) is 6.65. The summed E-state index contributed by atoms with van der Waals surface area (Å²) in [4.78, 5) is 30.3. The molecule has 0 unspecified atom stereocenters. The fraction of sp³-hybridized carbons (Fsp3) is 0.765. The average Bonchev–Trinajstić information content (AvgIpc) is 3.38. The molecule has 0 spiro atoms. The van der Waals surface area contributed by atoms with Crippen LogP contribution >= 0.6 is 0 Å². The molecule has 138 valence electrons. The van der Waals surface area contributed by atoms with Crippen molar-refractivity contribution in [3.05, 3.63) is 11.7 Å². The van der Waals surface area contributed by atoms with E-state index in [1.807, 2.05) is 6.92 Å². The van der Waals surface area contributed by atoms with Crippen LogP contribution in [0.25, 0.3) is 0 Å². The van der Waals surface area contributed by atoms with Crippen LogP contribution in [0, 0.1) is 5.92 Å². The van der Waals surface area contributed by atoms with Crippen molar-refractivity contribution in [2.45, 2.75) is 44.9 Å². The van der Waals surface area contributed by atoms with Gasteiger partial charge in [-0.25, -0.2) is 0 Å². The van der Waals surface area contributed by atoms with Gasteiger partial charge in [0.15, 0.2) is 5.82 Å². The van der Waals surface area contributed by atoms with Gasteiger partial charge in [0.2, 0.25) is 17.7 Å². The van der Waals surface area contributed by atoms with Gasteiger partial charge in [0.1, 0.15) is 6.61 Å². The minimum absolute atomic E-state index is 0.00330. The zero-order valence-corrected chi connectivity index (χ0v) is 14.7. The van der Waals surface area contributed by atoms with E-state index < -0.39 is 0 Å². The Morgan fingerprint density at radius 2 is 2.04 bits per heavy atom. The third-order valence-corrected chi connectivity index (χ3v) is 4.71. The summed E-state index contributed by atoms with van der Waals surface area (Å²) in [5.41, 5.74) is 0. The molecule has 1 aliphatic heterocycles. The standard InChI is InChI=1S/C17H26N4O4/c1-2-24-11-15(22)21-9-6-13(7-10-21)17(23)18-8-5-14-19-16(20-25-14)12-3-4-12/h12-13H,2-11H2,1H3,(H,18,23). The van der Waals surface area contributed by atoms with Crippen molar-refractivity contribution < 1.29 is 18.8 Å². The van der Waals surface area contributed by atoms with E-state index in [4.69, 9.17) is 9.26 Å². The van der Waals surface area contributed by atoms with Gasteiger partial charge < -0.3 is 19.5 Å². The van der Waals surface area contributed by atoms with Crippen LogP contribution in [-0.4, -0.2) is 59.7 Å². The molecule has 1 aliphatic carbocycles. The molecule has 2 amide bonds. The van der Waals surface area contributed by atoms with E-state index in [9.17, 15) is 9.59 Å². The number of rotatable bonds is 8. The monoisotopic (exact) mass is 350 g/mol. The number of aromatic nitrogens is 2. The lowest BCUT2D eigenvalue weighted by Crippen LogP contribution is -2.44. The van der Waals surface area contributed by atoms with Crippen molar-refractivity contribution in [1.82, 2.24) is 20.4 Å². The summed E-state index contributed by atoms with van der Waals surface area (Å²) in [6.07, 6.45) is 4.21. The number of hydrogen-bond acceptors (Lipinski definition) is 6. The summed E-state index contributed by atoms with van der Waals surface area (Å²) in [5, 5.41) is 6.90. The van der Waals surface area contributed by atoms with E-state index in [-0.39, 0.29) is 24.3 Å². The molecule has 8 heteroatoms. The number of nitrogens with one attached hydrogen (secondary N) is 1. The van der Waals surface area contributed by atoms with Crippen molar-refractivity contribution in [3.63, 3.8) is 0 Å². The van der Waals surface area contributed by atoms with Gasteiger partial charge in [-0.1, -0.05) is 5.16 Å². The Kier molecular flexibility index (Phi) is 6.01. The number of ether oxygens (including phenoxy) is 1. The van der Waals surface area contributed by atoms with Crippen LogP contribution in [0.3, 0.4) is 0 Å². The summed E-state index contributed by atoms with van der Waals surface area (Å²) in [5.74, 6) is 1.86. The van der Waals surface area contributed by atoms with Gasteiger partial charge in [-0.2, -0.15) is 4.98 Å². The molecule has 0 atom stereocenters. The molecular weight excluding hydrogens is 324 g/mol. The van der Waals surface area contributed by atoms with Crippen molar-refractivity contribution in [3.8, 4) is 0 Å². The van der Waals surface area contributed by atoms with E-state index in [1.54, 1.807) is 4.90 Å². The molecule has 0 radical (unpaired) electrons. The van der Waals surface area contributed by atoms with Crippen LogP contribution in [-0.2, 0) is 20.7 Å². The van der Waals surface area contributed by atoms with Gasteiger partial charge in [-0.05, 0) is 32.6 Å². The molecule has 1 aromatic heterocycles. The number of nitrogens with zero attached hydrogens (tertiary/aromatic N) is 3. The van der Waals surface area contributed by atoms with Crippen molar-refractivity contribution >= 4 is 11.8 Å². The first-order chi connectivity index (χ1) is 12.2. The van der Waals surface area contributed by atoms with Gasteiger partial charge in [0.05, 0.1) is 0 Å². The van der Waals surface area contributed by atoms with E-state index in [0.29, 0.717) is 57.3 Å². The first-order valence-electron chi connectivity index (χ1n) is 9.13. The van der Waals surface area contributed by atoms with E-state index in [1.165, 1.54) is 0 Å². The predicted octanol–water partition coefficient (Wildman–Crippen LogP) is 0.881. The van der Waals surface area contributed by atoms with E-state index >= 15 is 0 Å². The Balaban J connectivity index is 1.34. The molecule has 2 aliphatic rings. The molecule has 8 nitrogen and oxygen atoms in total. The maximum absolute atomic E-state index is 12.3. The quantitative estimate of drug-likeness (QED) is 0.747. The maximum atomic E-state index is 12.3. The fourth-order valence-corrected chi connectivity index (χ4v) is 2.99. The van der Waals surface area contributed by atoms with Crippen LogP contribution in [0.5, 0.6) is 0 Å².